The Hall–Kier alpha value is -2.49. The van der Waals surface area contributed by atoms with Gasteiger partial charge in [-0.2, -0.15) is 0 Å². The lowest BCUT2D eigenvalue weighted by molar-refractivity contribution is 0.176. The molecule has 1 unspecified atom stereocenters. The van der Waals surface area contributed by atoms with Crippen molar-refractivity contribution >= 4 is 11.8 Å². The van der Waals surface area contributed by atoms with Gasteiger partial charge >= 0.3 is 6.09 Å². The maximum absolute atomic E-state index is 12.2. The van der Waals surface area contributed by atoms with Crippen molar-refractivity contribution in [3.05, 3.63) is 48.0 Å². The van der Waals surface area contributed by atoms with Crippen LogP contribution in [0.1, 0.15) is 18.5 Å². The fraction of sp³-hybridized carbons (Fsp3) is 0.235. The van der Waals surface area contributed by atoms with Crippen LogP contribution in [0.3, 0.4) is 0 Å². The molecule has 0 aliphatic carbocycles. The number of anilines is 1. The third kappa shape index (κ3) is 2.03. The van der Waals surface area contributed by atoms with Crippen LogP contribution < -0.4 is 9.64 Å². The highest BCUT2D eigenvalue weighted by Crippen LogP contribution is 2.45. The second-order valence-electron chi connectivity index (χ2n) is 4.99. The summed E-state index contributed by atoms with van der Waals surface area (Å²) in [5, 5.41) is 0. The standard InChI is InChI=1S/C17H17NO3/c1-11-13-9-8-12(20-2)10-15(13)14-6-4-5-7-16(14)18(11)17(19)21-3/h4-11H,1-3H3. The molecule has 1 amide bonds. The number of carbonyl (C=O) groups excluding carboxylic acids is 1. The Kier molecular flexibility index (Phi) is 3.29. The first-order valence-corrected chi connectivity index (χ1v) is 6.82. The van der Waals surface area contributed by atoms with Crippen LogP contribution in [0.4, 0.5) is 10.5 Å². The van der Waals surface area contributed by atoms with Crippen molar-refractivity contribution in [2.75, 3.05) is 19.1 Å². The van der Waals surface area contributed by atoms with Crippen molar-refractivity contribution in [2.45, 2.75) is 13.0 Å². The molecule has 1 heterocycles. The molecule has 0 saturated carbocycles. The van der Waals surface area contributed by atoms with Gasteiger partial charge in [0.25, 0.3) is 0 Å². The number of hydrogen-bond donors (Lipinski definition) is 0. The molecule has 0 radical (unpaired) electrons. The van der Waals surface area contributed by atoms with Crippen LogP contribution >= 0.6 is 0 Å². The molecule has 0 spiro atoms. The molecule has 0 saturated heterocycles. The van der Waals surface area contributed by atoms with E-state index in [0.29, 0.717) is 0 Å². The molecule has 1 atom stereocenters. The lowest BCUT2D eigenvalue weighted by Gasteiger charge is -2.35. The predicted molar refractivity (Wildman–Crippen MR) is 81.7 cm³/mol. The van der Waals surface area contributed by atoms with E-state index < -0.39 is 0 Å². The van der Waals surface area contributed by atoms with Crippen molar-refractivity contribution in [2.24, 2.45) is 0 Å². The Morgan fingerprint density at radius 2 is 1.86 bits per heavy atom. The summed E-state index contributed by atoms with van der Waals surface area (Å²) in [4.78, 5) is 13.8. The third-order valence-electron chi connectivity index (χ3n) is 3.92. The number of nitrogens with zero attached hydrogens (tertiary/aromatic N) is 1. The van der Waals surface area contributed by atoms with E-state index >= 15 is 0 Å². The molecule has 0 aromatic heterocycles. The summed E-state index contributed by atoms with van der Waals surface area (Å²) in [6, 6.07) is 13.7. The molecular formula is C17H17NO3. The minimum atomic E-state index is -0.351. The molecular weight excluding hydrogens is 266 g/mol. The van der Waals surface area contributed by atoms with Crippen molar-refractivity contribution in [1.82, 2.24) is 0 Å². The van der Waals surface area contributed by atoms with Crippen molar-refractivity contribution in [3.8, 4) is 16.9 Å². The molecule has 1 aliphatic rings. The van der Waals surface area contributed by atoms with E-state index in [1.165, 1.54) is 7.11 Å². The average Bonchev–Trinajstić information content (AvgIpc) is 2.54. The van der Waals surface area contributed by atoms with Crippen molar-refractivity contribution in [1.29, 1.82) is 0 Å². The zero-order chi connectivity index (χ0) is 15.0. The summed E-state index contributed by atoms with van der Waals surface area (Å²) in [7, 11) is 3.06. The number of benzene rings is 2. The minimum Gasteiger partial charge on any atom is -0.497 e. The van der Waals surface area contributed by atoms with Crippen LogP contribution in [0.2, 0.25) is 0 Å². The second-order valence-corrected chi connectivity index (χ2v) is 4.99. The molecule has 4 heteroatoms. The van der Waals surface area contributed by atoms with Gasteiger partial charge in [-0.3, -0.25) is 4.90 Å². The van der Waals surface area contributed by atoms with Gasteiger partial charge in [0.15, 0.2) is 0 Å². The van der Waals surface area contributed by atoms with Crippen LogP contribution in [-0.2, 0) is 4.74 Å². The van der Waals surface area contributed by atoms with Crippen LogP contribution in [0.15, 0.2) is 42.5 Å². The zero-order valence-electron chi connectivity index (χ0n) is 12.3. The second kappa shape index (κ2) is 5.13. The predicted octanol–water partition coefficient (Wildman–Crippen LogP) is 4.01. The summed E-state index contributed by atoms with van der Waals surface area (Å²) in [5.41, 5.74) is 4.05. The van der Waals surface area contributed by atoms with Gasteiger partial charge in [-0.1, -0.05) is 24.3 Å². The number of para-hydroxylation sites is 1. The molecule has 108 valence electrons. The molecule has 21 heavy (non-hydrogen) atoms. The van der Waals surface area contributed by atoms with E-state index in [0.717, 1.165) is 28.1 Å². The Morgan fingerprint density at radius 3 is 2.57 bits per heavy atom. The number of carbonyl (C=O) groups is 1. The molecule has 2 aromatic carbocycles. The van der Waals surface area contributed by atoms with E-state index in [9.17, 15) is 4.79 Å². The van der Waals surface area contributed by atoms with Gasteiger partial charge in [0, 0.05) is 5.56 Å². The van der Waals surface area contributed by atoms with Crippen molar-refractivity contribution < 1.29 is 14.3 Å². The maximum Gasteiger partial charge on any atom is 0.414 e. The van der Waals surface area contributed by atoms with Crippen LogP contribution in [0, 0.1) is 0 Å². The van der Waals surface area contributed by atoms with E-state index in [-0.39, 0.29) is 12.1 Å². The highest BCUT2D eigenvalue weighted by Gasteiger charge is 2.32. The van der Waals surface area contributed by atoms with E-state index in [1.54, 1.807) is 12.0 Å². The molecule has 0 fully saturated rings. The topological polar surface area (TPSA) is 38.8 Å². The molecule has 3 rings (SSSR count). The maximum atomic E-state index is 12.2. The molecule has 0 bridgehead atoms. The smallest absolute Gasteiger partial charge is 0.414 e. The lowest BCUT2D eigenvalue weighted by Crippen LogP contribution is -2.36. The van der Waals surface area contributed by atoms with Crippen molar-refractivity contribution in [3.63, 3.8) is 0 Å². The van der Waals surface area contributed by atoms with E-state index in [1.807, 2.05) is 49.4 Å². The fourth-order valence-corrected chi connectivity index (χ4v) is 2.87. The first-order valence-electron chi connectivity index (χ1n) is 6.82. The van der Waals surface area contributed by atoms with Gasteiger partial charge < -0.3 is 9.47 Å². The van der Waals surface area contributed by atoms with Crippen LogP contribution in [0.25, 0.3) is 11.1 Å². The van der Waals surface area contributed by atoms with Crippen LogP contribution in [-0.4, -0.2) is 20.3 Å². The number of hydrogen-bond acceptors (Lipinski definition) is 3. The first kappa shape index (κ1) is 13.5. The molecule has 0 N–H and O–H groups in total. The van der Waals surface area contributed by atoms with E-state index in [4.69, 9.17) is 9.47 Å². The van der Waals surface area contributed by atoms with Gasteiger partial charge in [0.1, 0.15) is 5.75 Å². The SMILES string of the molecule is COC(=O)N1c2ccccc2-c2cc(OC)ccc2C1C. The lowest BCUT2D eigenvalue weighted by atomic mass is 9.89. The average molecular weight is 283 g/mol. The third-order valence-corrected chi connectivity index (χ3v) is 3.92. The fourth-order valence-electron chi connectivity index (χ4n) is 2.87. The number of amides is 1. The number of fused-ring (bicyclic) bond motifs is 3. The normalized spacial score (nSPS) is 16.0. The molecule has 2 aromatic rings. The number of ether oxygens (including phenoxy) is 2. The Labute approximate surface area is 123 Å². The summed E-state index contributed by atoms with van der Waals surface area (Å²) < 4.78 is 10.3. The first-order chi connectivity index (χ1) is 10.2. The van der Waals surface area contributed by atoms with Crippen LogP contribution in [0.5, 0.6) is 5.75 Å². The van der Waals surface area contributed by atoms with E-state index in [2.05, 4.69) is 0 Å². The van der Waals surface area contributed by atoms with Gasteiger partial charge in [0.05, 0.1) is 25.9 Å². The zero-order valence-corrected chi connectivity index (χ0v) is 12.3. The molecule has 4 nitrogen and oxygen atoms in total. The highest BCUT2D eigenvalue weighted by atomic mass is 16.5. The van der Waals surface area contributed by atoms with Gasteiger partial charge in [-0.25, -0.2) is 4.79 Å². The van der Waals surface area contributed by atoms with Gasteiger partial charge in [-0.15, -0.1) is 0 Å². The number of methoxy groups -OCH3 is 2. The Bertz CT molecular complexity index is 696. The quantitative estimate of drug-likeness (QED) is 0.793. The van der Waals surface area contributed by atoms with Gasteiger partial charge in [-0.05, 0) is 36.2 Å². The summed E-state index contributed by atoms with van der Waals surface area (Å²) >= 11 is 0. The largest absolute Gasteiger partial charge is 0.497 e. The summed E-state index contributed by atoms with van der Waals surface area (Å²) in [6.07, 6.45) is -0.351. The monoisotopic (exact) mass is 283 g/mol. The summed E-state index contributed by atoms with van der Waals surface area (Å²) in [6.45, 7) is 2.00. The Balaban J connectivity index is 2.24. The minimum absolute atomic E-state index is 0.0896. The Morgan fingerprint density at radius 1 is 1.10 bits per heavy atom. The highest BCUT2D eigenvalue weighted by molar-refractivity contribution is 5.98. The summed E-state index contributed by atoms with van der Waals surface area (Å²) in [5.74, 6) is 0.808. The number of rotatable bonds is 1. The molecule has 1 aliphatic heterocycles. The van der Waals surface area contributed by atoms with Gasteiger partial charge in [0.2, 0.25) is 0 Å².